The fourth-order valence-corrected chi connectivity index (χ4v) is 2.27. The second-order valence-corrected chi connectivity index (χ2v) is 4.93. The molecule has 0 aliphatic rings. The van der Waals surface area contributed by atoms with Crippen molar-refractivity contribution in [1.29, 1.82) is 0 Å². The quantitative estimate of drug-likeness (QED) is 0.440. The molecule has 0 saturated heterocycles. The van der Waals surface area contributed by atoms with Gasteiger partial charge in [-0.1, -0.05) is 12.1 Å². The highest BCUT2D eigenvalue weighted by atomic mass is 16.6. The zero-order valence-corrected chi connectivity index (χ0v) is 12.8. The van der Waals surface area contributed by atoms with Gasteiger partial charge in [0, 0.05) is 23.7 Å². The largest absolute Gasteiger partial charge is 0.494 e. The lowest BCUT2D eigenvalue weighted by molar-refractivity contribution is -0.384. The van der Waals surface area contributed by atoms with E-state index < -0.39 is 4.92 Å². The molecule has 0 bridgehead atoms. The minimum Gasteiger partial charge on any atom is -0.494 e. The Kier molecular flexibility index (Phi) is 4.33. The number of ether oxygens (including phenoxy) is 1. The van der Waals surface area contributed by atoms with Gasteiger partial charge in [0.1, 0.15) is 11.3 Å². The van der Waals surface area contributed by atoms with Crippen LogP contribution in [0.5, 0.6) is 5.75 Å². The lowest BCUT2D eigenvalue weighted by atomic mass is 10.2. The Morgan fingerprint density at radius 2 is 2.00 bits per heavy atom. The third-order valence-electron chi connectivity index (χ3n) is 3.46. The molecule has 3 aromatic rings. The number of fused-ring (bicyclic) bond motifs is 1. The van der Waals surface area contributed by atoms with Crippen LogP contribution < -0.4 is 10.2 Å². The molecule has 24 heavy (non-hydrogen) atoms. The summed E-state index contributed by atoms with van der Waals surface area (Å²) in [6.45, 7) is 0. The summed E-state index contributed by atoms with van der Waals surface area (Å²) in [5, 5.41) is 15.7. The molecule has 0 amide bonds. The van der Waals surface area contributed by atoms with E-state index >= 15 is 0 Å². The Morgan fingerprint density at radius 1 is 1.21 bits per heavy atom. The van der Waals surface area contributed by atoms with Crippen LogP contribution in [-0.2, 0) is 0 Å². The van der Waals surface area contributed by atoms with Gasteiger partial charge in [-0.3, -0.25) is 20.5 Å². The van der Waals surface area contributed by atoms with Gasteiger partial charge in [-0.05, 0) is 29.8 Å². The van der Waals surface area contributed by atoms with Crippen LogP contribution in [0, 0.1) is 10.1 Å². The van der Waals surface area contributed by atoms with Crippen LogP contribution in [0.2, 0.25) is 0 Å². The Morgan fingerprint density at radius 3 is 2.71 bits per heavy atom. The fraction of sp³-hybridized carbons (Fsp3) is 0.0588. The van der Waals surface area contributed by atoms with Gasteiger partial charge in [0.2, 0.25) is 0 Å². The van der Waals surface area contributed by atoms with Gasteiger partial charge in [0.15, 0.2) is 0 Å². The summed E-state index contributed by atoms with van der Waals surface area (Å²) < 4.78 is 5.30. The maximum atomic E-state index is 10.6. The number of nitrogens with zero attached hydrogens (tertiary/aromatic N) is 3. The van der Waals surface area contributed by atoms with Gasteiger partial charge in [0.05, 0.1) is 23.9 Å². The molecule has 0 saturated carbocycles. The van der Waals surface area contributed by atoms with Crippen LogP contribution in [-0.4, -0.2) is 23.2 Å². The third kappa shape index (κ3) is 3.14. The van der Waals surface area contributed by atoms with Gasteiger partial charge in [-0.25, -0.2) is 0 Å². The average molecular weight is 322 g/mol. The van der Waals surface area contributed by atoms with E-state index in [-0.39, 0.29) is 5.69 Å². The number of benzene rings is 2. The molecular weight excluding hydrogens is 308 g/mol. The van der Waals surface area contributed by atoms with Crippen molar-refractivity contribution in [2.75, 3.05) is 12.5 Å². The highest BCUT2D eigenvalue weighted by molar-refractivity contribution is 5.95. The number of methoxy groups -OCH3 is 1. The average Bonchev–Trinajstić information content (AvgIpc) is 2.62. The highest BCUT2D eigenvalue weighted by Gasteiger charge is 2.06. The van der Waals surface area contributed by atoms with Crippen molar-refractivity contribution in [3.05, 3.63) is 70.4 Å². The predicted molar refractivity (Wildman–Crippen MR) is 92.6 cm³/mol. The molecule has 7 nitrogen and oxygen atoms in total. The molecule has 0 aliphatic carbocycles. The van der Waals surface area contributed by atoms with Gasteiger partial charge in [-0.15, -0.1) is 0 Å². The molecule has 3 rings (SSSR count). The van der Waals surface area contributed by atoms with E-state index in [2.05, 4.69) is 15.5 Å². The van der Waals surface area contributed by atoms with Crippen LogP contribution >= 0.6 is 0 Å². The number of hydrazone groups is 1. The summed E-state index contributed by atoms with van der Waals surface area (Å²) in [7, 11) is 1.60. The summed E-state index contributed by atoms with van der Waals surface area (Å²) >= 11 is 0. The number of nitrogens with one attached hydrogen (secondary N) is 1. The van der Waals surface area contributed by atoms with E-state index in [9.17, 15) is 10.1 Å². The first-order valence-electron chi connectivity index (χ1n) is 7.14. The zero-order valence-electron chi connectivity index (χ0n) is 12.8. The van der Waals surface area contributed by atoms with Crippen molar-refractivity contribution >= 4 is 28.5 Å². The van der Waals surface area contributed by atoms with E-state index in [1.54, 1.807) is 31.7 Å². The lowest BCUT2D eigenvalue weighted by Crippen LogP contribution is -1.94. The summed E-state index contributed by atoms with van der Waals surface area (Å²) in [5.41, 5.74) is 5.30. The highest BCUT2D eigenvalue weighted by Crippen LogP contribution is 2.28. The predicted octanol–water partition coefficient (Wildman–Crippen LogP) is 3.60. The normalized spacial score (nSPS) is 10.9. The monoisotopic (exact) mass is 322 g/mol. The first-order valence-corrected chi connectivity index (χ1v) is 7.14. The molecule has 0 unspecified atom stereocenters. The molecule has 0 radical (unpaired) electrons. The second kappa shape index (κ2) is 6.74. The molecule has 2 aromatic carbocycles. The van der Waals surface area contributed by atoms with Crippen LogP contribution in [0.25, 0.3) is 10.9 Å². The maximum Gasteiger partial charge on any atom is 0.269 e. The van der Waals surface area contributed by atoms with Crippen molar-refractivity contribution in [1.82, 2.24) is 4.98 Å². The van der Waals surface area contributed by atoms with E-state index in [0.29, 0.717) is 5.75 Å². The van der Waals surface area contributed by atoms with Crippen molar-refractivity contribution in [3.63, 3.8) is 0 Å². The van der Waals surface area contributed by atoms with Crippen molar-refractivity contribution in [3.8, 4) is 5.75 Å². The van der Waals surface area contributed by atoms with Gasteiger partial charge >= 0.3 is 0 Å². The number of para-hydroxylation sites is 1. The summed E-state index contributed by atoms with van der Waals surface area (Å²) in [5.74, 6) is 0.690. The van der Waals surface area contributed by atoms with Gasteiger partial charge in [-0.2, -0.15) is 5.10 Å². The number of aromatic nitrogens is 1. The molecular formula is C17H14N4O3. The zero-order chi connectivity index (χ0) is 16.9. The maximum absolute atomic E-state index is 10.6. The molecule has 0 aliphatic heterocycles. The Bertz CT molecular complexity index is 907. The van der Waals surface area contributed by atoms with Crippen LogP contribution in [0.4, 0.5) is 11.4 Å². The van der Waals surface area contributed by atoms with Crippen LogP contribution in [0.3, 0.4) is 0 Å². The number of nitro benzene ring substituents is 1. The molecule has 1 aromatic heterocycles. The molecule has 1 N–H and O–H groups in total. The third-order valence-corrected chi connectivity index (χ3v) is 3.46. The summed E-state index contributed by atoms with van der Waals surface area (Å²) in [6, 6.07) is 13.6. The molecule has 0 fully saturated rings. The first-order chi connectivity index (χ1) is 11.7. The lowest BCUT2D eigenvalue weighted by Gasteiger charge is -2.08. The molecule has 120 valence electrons. The van der Waals surface area contributed by atoms with Crippen molar-refractivity contribution < 1.29 is 9.66 Å². The minimum absolute atomic E-state index is 0.0485. The van der Waals surface area contributed by atoms with Crippen LogP contribution in [0.1, 0.15) is 5.56 Å². The van der Waals surface area contributed by atoms with Crippen LogP contribution in [0.15, 0.2) is 59.8 Å². The topological polar surface area (TPSA) is 89.6 Å². The standard InChI is InChI=1S/C17H14N4O3/c1-24-16-4-2-3-14-15(9-10-18-17(14)16)20-19-11-12-5-7-13(8-6-12)21(22)23/h2-11H,1H3,(H,18,20)/b19-11+. The summed E-state index contributed by atoms with van der Waals surface area (Å²) in [6.07, 6.45) is 3.27. The Balaban J connectivity index is 1.81. The Labute approximate surface area is 137 Å². The smallest absolute Gasteiger partial charge is 0.269 e. The fourth-order valence-electron chi connectivity index (χ4n) is 2.27. The van der Waals surface area contributed by atoms with Gasteiger partial charge < -0.3 is 4.74 Å². The van der Waals surface area contributed by atoms with Gasteiger partial charge in [0.25, 0.3) is 5.69 Å². The number of nitro groups is 1. The molecule has 7 heteroatoms. The molecule has 0 spiro atoms. The number of anilines is 1. The van der Waals surface area contributed by atoms with Crippen molar-refractivity contribution in [2.45, 2.75) is 0 Å². The van der Waals surface area contributed by atoms with Crippen molar-refractivity contribution in [2.24, 2.45) is 5.10 Å². The second-order valence-electron chi connectivity index (χ2n) is 4.93. The first kappa shape index (κ1) is 15.4. The molecule has 1 heterocycles. The SMILES string of the molecule is COc1cccc2c(N/N=C/c3ccc([N+](=O)[O-])cc3)ccnc12. The number of hydrogen-bond acceptors (Lipinski definition) is 6. The molecule has 0 atom stereocenters. The minimum atomic E-state index is -0.435. The number of hydrogen-bond donors (Lipinski definition) is 1. The summed E-state index contributed by atoms with van der Waals surface area (Å²) in [4.78, 5) is 14.5. The van der Waals surface area contributed by atoms with E-state index in [1.807, 2.05) is 24.3 Å². The Hall–Kier alpha value is -3.48. The number of rotatable bonds is 5. The number of pyridine rings is 1. The van der Waals surface area contributed by atoms with E-state index in [1.165, 1.54) is 12.1 Å². The number of non-ortho nitro benzene ring substituents is 1. The van der Waals surface area contributed by atoms with E-state index in [4.69, 9.17) is 4.74 Å². The van der Waals surface area contributed by atoms with E-state index in [0.717, 1.165) is 22.2 Å².